The van der Waals surface area contributed by atoms with E-state index in [-0.39, 0.29) is 5.91 Å². The standard InChI is InChI=1S/C21H22N2O3S/c1-3-17-7-9-20(27-17)21(24)23-13-15-6-8-18(19(11-15)25-2)26-14-16-5-4-10-22-12-16/h4-12H,3,13-14H2,1-2H3,(H,23,24). The van der Waals surface area contributed by atoms with Crippen LogP contribution in [-0.2, 0) is 19.6 Å². The van der Waals surface area contributed by atoms with E-state index in [1.807, 2.05) is 42.5 Å². The number of nitrogens with one attached hydrogen (secondary N) is 1. The maximum absolute atomic E-state index is 12.3. The molecule has 0 spiro atoms. The summed E-state index contributed by atoms with van der Waals surface area (Å²) in [5.74, 6) is 1.23. The summed E-state index contributed by atoms with van der Waals surface area (Å²) in [6.45, 7) is 2.92. The normalized spacial score (nSPS) is 10.4. The van der Waals surface area contributed by atoms with E-state index in [1.54, 1.807) is 19.5 Å². The van der Waals surface area contributed by atoms with Crippen LogP contribution >= 0.6 is 11.3 Å². The molecule has 1 N–H and O–H groups in total. The number of carbonyl (C=O) groups excluding carboxylic acids is 1. The van der Waals surface area contributed by atoms with E-state index in [0.717, 1.165) is 22.4 Å². The van der Waals surface area contributed by atoms with Crippen LogP contribution in [0.2, 0.25) is 0 Å². The van der Waals surface area contributed by atoms with Crippen LogP contribution in [0.15, 0.2) is 54.9 Å². The number of aryl methyl sites for hydroxylation is 1. The van der Waals surface area contributed by atoms with E-state index in [0.29, 0.717) is 24.7 Å². The lowest BCUT2D eigenvalue weighted by Crippen LogP contribution is -2.21. The summed E-state index contributed by atoms with van der Waals surface area (Å²) in [6.07, 6.45) is 4.44. The third-order valence-corrected chi connectivity index (χ3v) is 5.26. The van der Waals surface area contributed by atoms with Crippen LogP contribution < -0.4 is 14.8 Å². The molecule has 2 aromatic heterocycles. The number of aromatic nitrogens is 1. The van der Waals surface area contributed by atoms with Gasteiger partial charge in [-0.15, -0.1) is 11.3 Å². The van der Waals surface area contributed by atoms with Crippen LogP contribution in [0, 0.1) is 0 Å². The summed E-state index contributed by atoms with van der Waals surface area (Å²) in [5, 5.41) is 2.95. The highest BCUT2D eigenvalue weighted by Gasteiger charge is 2.10. The summed E-state index contributed by atoms with van der Waals surface area (Å²) in [6, 6.07) is 13.4. The molecule has 1 amide bonds. The topological polar surface area (TPSA) is 60.5 Å². The van der Waals surface area contributed by atoms with Crippen LogP contribution in [0.4, 0.5) is 0 Å². The Bertz CT molecular complexity index is 893. The molecule has 0 unspecified atom stereocenters. The zero-order valence-corrected chi connectivity index (χ0v) is 16.2. The SMILES string of the molecule is CCc1ccc(C(=O)NCc2ccc(OCc3cccnc3)c(OC)c2)s1. The number of nitrogens with zero attached hydrogens (tertiary/aromatic N) is 1. The Balaban J connectivity index is 1.60. The van der Waals surface area contributed by atoms with Crippen molar-refractivity contribution in [1.82, 2.24) is 10.3 Å². The van der Waals surface area contributed by atoms with E-state index in [4.69, 9.17) is 9.47 Å². The fourth-order valence-corrected chi connectivity index (χ4v) is 3.41. The molecule has 0 atom stereocenters. The van der Waals surface area contributed by atoms with Crippen molar-refractivity contribution in [2.75, 3.05) is 7.11 Å². The molecule has 0 fully saturated rings. The van der Waals surface area contributed by atoms with Gasteiger partial charge in [0.05, 0.1) is 12.0 Å². The molecular weight excluding hydrogens is 360 g/mol. The fraction of sp³-hybridized carbons (Fsp3) is 0.238. The Morgan fingerprint density at radius 2 is 2.04 bits per heavy atom. The third-order valence-electron chi connectivity index (χ3n) is 4.03. The molecule has 3 aromatic rings. The lowest BCUT2D eigenvalue weighted by Gasteiger charge is -2.12. The molecule has 6 heteroatoms. The summed E-state index contributed by atoms with van der Waals surface area (Å²) in [4.78, 5) is 18.3. The number of benzene rings is 1. The molecule has 27 heavy (non-hydrogen) atoms. The Labute approximate surface area is 163 Å². The predicted molar refractivity (Wildman–Crippen MR) is 106 cm³/mol. The zero-order valence-electron chi connectivity index (χ0n) is 15.4. The number of methoxy groups -OCH3 is 1. The number of thiophene rings is 1. The van der Waals surface area contributed by atoms with Crippen LogP contribution in [0.3, 0.4) is 0 Å². The largest absolute Gasteiger partial charge is 0.493 e. The minimum atomic E-state index is -0.0597. The predicted octanol–water partition coefficient (Wildman–Crippen LogP) is 4.22. The molecule has 0 radical (unpaired) electrons. The number of pyridine rings is 1. The fourth-order valence-electron chi connectivity index (χ4n) is 2.55. The van der Waals surface area contributed by atoms with Crippen molar-refractivity contribution in [3.8, 4) is 11.5 Å². The van der Waals surface area contributed by atoms with Crippen LogP contribution in [-0.4, -0.2) is 18.0 Å². The second-order valence-electron chi connectivity index (χ2n) is 5.94. The van der Waals surface area contributed by atoms with Crippen LogP contribution in [0.1, 0.15) is 32.6 Å². The number of amides is 1. The molecule has 2 heterocycles. The first kappa shape index (κ1) is 18.9. The molecular formula is C21H22N2O3S. The van der Waals surface area contributed by atoms with Gasteiger partial charge in [-0.2, -0.15) is 0 Å². The molecule has 5 nitrogen and oxygen atoms in total. The first-order valence-corrected chi connectivity index (χ1v) is 9.56. The first-order chi connectivity index (χ1) is 13.2. The molecule has 0 saturated carbocycles. The maximum atomic E-state index is 12.3. The highest BCUT2D eigenvalue weighted by Crippen LogP contribution is 2.29. The average Bonchev–Trinajstić information content (AvgIpc) is 3.21. The van der Waals surface area contributed by atoms with Gasteiger partial charge in [-0.3, -0.25) is 9.78 Å². The van der Waals surface area contributed by atoms with E-state index in [2.05, 4.69) is 17.2 Å². The Kier molecular flexibility index (Phi) is 6.44. The van der Waals surface area contributed by atoms with Crippen molar-refractivity contribution < 1.29 is 14.3 Å². The minimum absolute atomic E-state index is 0.0597. The van der Waals surface area contributed by atoms with Gasteiger partial charge in [0.15, 0.2) is 11.5 Å². The Morgan fingerprint density at radius 3 is 2.74 bits per heavy atom. The van der Waals surface area contributed by atoms with Crippen LogP contribution in [0.5, 0.6) is 11.5 Å². The number of hydrogen-bond acceptors (Lipinski definition) is 5. The molecule has 0 aliphatic heterocycles. The van der Waals surface area contributed by atoms with Gasteiger partial charge in [0.25, 0.3) is 5.91 Å². The van der Waals surface area contributed by atoms with E-state index in [9.17, 15) is 4.79 Å². The molecule has 0 aliphatic rings. The van der Waals surface area contributed by atoms with Crippen molar-refractivity contribution in [3.05, 3.63) is 75.7 Å². The summed E-state index contributed by atoms with van der Waals surface area (Å²) in [7, 11) is 1.60. The number of hydrogen-bond donors (Lipinski definition) is 1. The molecule has 140 valence electrons. The highest BCUT2D eigenvalue weighted by molar-refractivity contribution is 7.14. The van der Waals surface area contributed by atoms with Gasteiger partial charge >= 0.3 is 0 Å². The molecule has 1 aromatic carbocycles. The van der Waals surface area contributed by atoms with E-state index < -0.39 is 0 Å². The van der Waals surface area contributed by atoms with Crippen molar-refractivity contribution in [1.29, 1.82) is 0 Å². The van der Waals surface area contributed by atoms with Crippen LogP contribution in [0.25, 0.3) is 0 Å². The number of ether oxygens (including phenoxy) is 2. The Hall–Kier alpha value is -2.86. The molecule has 0 bridgehead atoms. The smallest absolute Gasteiger partial charge is 0.261 e. The number of carbonyl (C=O) groups is 1. The van der Waals surface area contributed by atoms with E-state index in [1.165, 1.54) is 16.2 Å². The molecule has 0 aliphatic carbocycles. The second kappa shape index (κ2) is 9.19. The van der Waals surface area contributed by atoms with Crippen molar-refractivity contribution in [2.45, 2.75) is 26.5 Å². The lowest BCUT2D eigenvalue weighted by molar-refractivity contribution is 0.0955. The summed E-state index contributed by atoms with van der Waals surface area (Å²) < 4.78 is 11.3. The third kappa shape index (κ3) is 5.08. The van der Waals surface area contributed by atoms with E-state index >= 15 is 0 Å². The lowest BCUT2D eigenvalue weighted by atomic mass is 10.2. The van der Waals surface area contributed by atoms with Gasteiger partial charge < -0.3 is 14.8 Å². The van der Waals surface area contributed by atoms with Gasteiger partial charge in [0, 0.05) is 29.4 Å². The number of rotatable bonds is 8. The highest BCUT2D eigenvalue weighted by atomic mass is 32.1. The summed E-state index contributed by atoms with van der Waals surface area (Å²) >= 11 is 1.53. The Morgan fingerprint density at radius 1 is 1.15 bits per heavy atom. The molecule has 3 rings (SSSR count). The van der Waals surface area contributed by atoms with Crippen molar-refractivity contribution in [3.63, 3.8) is 0 Å². The average molecular weight is 382 g/mol. The van der Waals surface area contributed by atoms with Crippen molar-refractivity contribution >= 4 is 17.2 Å². The van der Waals surface area contributed by atoms with Gasteiger partial charge in [-0.25, -0.2) is 0 Å². The second-order valence-corrected chi connectivity index (χ2v) is 7.11. The summed E-state index contributed by atoms with van der Waals surface area (Å²) in [5.41, 5.74) is 1.93. The first-order valence-electron chi connectivity index (χ1n) is 8.75. The maximum Gasteiger partial charge on any atom is 0.261 e. The van der Waals surface area contributed by atoms with Gasteiger partial charge in [-0.1, -0.05) is 19.1 Å². The van der Waals surface area contributed by atoms with Gasteiger partial charge in [0.1, 0.15) is 6.61 Å². The van der Waals surface area contributed by atoms with Gasteiger partial charge in [-0.05, 0) is 42.3 Å². The van der Waals surface area contributed by atoms with Crippen molar-refractivity contribution in [2.24, 2.45) is 0 Å². The molecule has 0 saturated heterocycles. The minimum Gasteiger partial charge on any atom is -0.493 e. The monoisotopic (exact) mass is 382 g/mol. The quantitative estimate of drug-likeness (QED) is 0.634. The zero-order chi connectivity index (χ0) is 19.1. The van der Waals surface area contributed by atoms with Gasteiger partial charge in [0.2, 0.25) is 0 Å².